The van der Waals surface area contributed by atoms with Crippen molar-refractivity contribution >= 4 is 43.7 Å². The Morgan fingerprint density at radius 3 is 1.85 bits per heavy atom. The van der Waals surface area contributed by atoms with Crippen molar-refractivity contribution in [1.82, 2.24) is 19.5 Å². The summed E-state index contributed by atoms with van der Waals surface area (Å²) in [4.78, 5) is 14.9. The summed E-state index contributed by atoms with van der Waals surface area (Å²) < 4.78 is 8.87. The van der Waals surface area contributed by atoms with Crippen molar-refractivity contribution in [2.24, 2.45) is 0 Å². The third-order valence-corrected chi connectivity index (χ3v) is 9.68. The van der Waals surface area contributed by atoms with Gasteiger partial charge in [-0.2, -0.15) is 5.26 Å². The van der Waals surface area contributed by atoms with E-state index in [9.17, 15) is 5.26 Å². The van der Waals surface area contributed by atoms with Gasteiger partial charge in [-0.25, -0.2) is 15.0 Å². The highest BCUT2D eigenvalue weighted by Crippen LogP contribution is 2.42. The predicted octanol–water partition coefficient (Wildman–Crippen LogP) is 11.4. The second-order valence-electron chi connectivity index (χ2n) is 12.7. The Morgan fingerprint density at radius 1 is 0.481 bits per heavy atom. The lowest BCUT2D eigenvalue weighted by Gasteiger charge is -2.16. The molecule has 0 aliphatic heterocycles. The Labute approximate surface area is 298 Å². The van der Waals surface area contributed by atoms with Gasteiger partial charge in [0.15, 0.2) is 17.5 Å². The summed E-state index contributed by atoms with van der Waals surface area (Å²) in [6, 6.07) is 57.3. The summed E-state index contributed by atoms with van der Waals surface area (Å²) in [6.45, 7) is 0. The highest BCUT2D eigenvalue weighted by Gasteiger charge is 2.21. The van der Waals surface area contributed by atoms with E-state index in [2.05, 4.69) is 71.3 Å². The van der Waals surface area contributed by atoms with Crippen LogP contribution in [-0.4, -0.2) is 19.5 Å². The first kappa shape index (κ1) is 29.5. The van der Waals surface area contributed by atoms with Crippen molar-refractivity contribution < 1.29 is 4.42 Å². The Balaban J connectivity index is 1.25. The van der Waals surface area contributed by atoms with Gasteiger partial charge < -0.3 is 8.98 Å². The quantitative estimate of drug-likeness (QED) is 0.183. The zero-order valence-electron chi connectivity index (χ0n) is 27.7. The van der Waals surface area contributed by atoms with E-state index in [0.29, 0.717) is 23.0 Å². The fraction of sp³-hybridized carbons (Fsp3) is 0. The van der Waals surface area contributed by atoms with Crippen LogP contribution in [0.4, 0.5) is 0 Å². The first-order chi connectivity index (χ1) is 25.7. The molecule has 3 heterocycles. The number of benzene rings is 7. The lowest BCUT2D eigenvalue weighted by atomic mass is 9.98. The lowest BCUT2D eigenvalue weighted by Crippen LogP contribution is -2.02. The summed E-state index contributed by atoms with van der Waals surface area (Å²) in [6.07, 6.45) is 0. The SMILES string of the molecule is N#Cc1cccc(-c2cc(-c3nc(-c4ccccc4)nc(-c4ccccc4)n3)ccc2-n2c3ccccc3c3c4oc5ccccc5c4ccc32)c1. The minimum absolute atomic E-state index is 0.558. The Kier molecular flexibility index (Phi) is 6.76. The molecule has 0 saturated heterocycles. The number of para-hydroxylation sites is 2. The average Bonchev–Trinajstić information content (AvgIpc) is 3.77. The van der Waals surface area contributed by atoms with Gasteiger partial charge in [0.25, 0.3) is 0 Å². The molecule has 0 radical (unpaired) electrons. The van der Waals surface area contributed by atoms with Crippen LogP contribution in [-0.2, 0) is 0 Å². The minimum Gasteiger partial charge on any atom is -0.455 e. The topological polar surface area (TPSA) is 80.5 Å². The number of furan rings is 1. The molecule has 0 bridgehead atoms. The highest BCUT2D eigenvalue weighted by atomic mass is 16.3. The summed E-state index contributed by atoms with van der Waals surface area (Å²) >= 11 is 0. The third-order valence-electron chi connectivity index (χ3n) is 9.68. The van der Waals surface area contributed by atoms with Gasteiger partial charge in [0, 0.05) is 38.4 Å². The van der Waals surface area contributed by atoms with Gasteiger partial charge in [-0.05, 0) is 60.2 Å². The molecule has 10 aromatic rings. The van der Waals surface area contributed by atoms with Crippen molar-refractivity contribution in [3.63, 3.8) is 0 Å². The summed E-state index contributed by atoms with van der Waals surface area (Å²) in [5.41, 5.74) is 9.83. The summed E-state index contributed by atoms with van der Waals surface area (Å²) in [7, 11) is 0. The molecule has 0 unspecified atom stereocenters. The van der Waals surface area contributed by atoms with Gasteiger partial charge in [-0.15, -0.1) is 0 Å². The molecule has 0 N–H and O–H groups in total. The molecule has 3 aromatic heterocycles. The standard InChI is InChI=1S/C46H27N5O/c47-28-29-12-11-17-32(26-29)37-27-33(46-49-44(30-13-3-1-4-14-30)48-45(50-46)31-15-5-2-6-16-31)22-24-39(37)51-38-20-9-7-19-36(38)42-40(51)25-23-35-34-18-8-10-21-41(34)52-43(35)42/h1-27H. The van der Waals surface area contributed by atoms with Crippen LogP contribution in [0.5, 0.6) is 0 Å². The second kappa shape index (κ2) is 11.9. The molecule has 0 spiro atoms. The molecule has 0 saturated carbocycles. The number of rotatable bonds is 5. The smallest absolute Gasteiger partial charge is 0.164 e. The number of hydrogen-bond acceptors (Lipinski definition) is 5. The molecule has 0 aliphatic rings. The Bertz CT molecular complexity index is 2970. The molecule has 6 nitrogen and oxygen atoms in total. The van der Waals surface area contributed by atoms with E-state index in [4.69, 9.17) is 19.4 Å². The van der Waals surface area contributed by atoms with E-state index < -0.39 is 0 Å². The molecule has 0 amide bonds. The van der Waals surface area contributed by atoms with Gasteiger partial charge in [-0.3, -0.25) is 0 Å². The van der Waals surface area contributed by atoms with E-state index in [1.54, 1.807) is 0 Å². The first-order valence-electron chi connectivity index (χ1n) is 17.1. The molecule has 6 heteroatoms. The molecule has 7 aromatic carbocycles. The third kappa shape index (κ3) is 4.76. The van der Waals surface area contributed by atoms with E-state index in [1.807, 2.05) is 103 Å². The summed E-state index contributed by atoms with van der Waals surface area (Å²) in [5, 5.41) is 14.3. The fourth-order valence-corrected chi connectivity index (χ4v) is 7.29. The van der Waals surface area contributed by atoms with E-state index in [-0.39, 0.29) is 0 Å². The molecule has 0 fully saturated rings. The number of nitrogens with zero attached hydrogens (tertiary/aromatic N) is 5. The van der Waals surface area contributed by atoms with E-state index in [0.717, 1.165) is 77.2 Å². The first-order valence-corrected chi connectivity index (χ1v) is 17.1. The van der Waals surface area contributed by atoms with Gasteiger partial charge in [0.05, 0.1) is 33.7 Å². The Morgan fingerprint density at radius 2 is 1.12 bits per heavy atom. The van der Waals surface area contributed by atoms with Crippen LogP contribution in [0.2, 0.25) is 0 Å². The number of fused-ring (bicyclic) bond motifs is 7. The maximum atomic E-state index is 9.92. The lowest BCUT2D eigenvalue weighted by molar-refractivity contribution is 0.673. The van der Waals surface area contributed by atoms with Crippen LogP contribution >= 0.6 is 0 Å². The molecular weight excluding hydrogens is 639 g/mol. The molecule has 10 rings (SSSR count). The monoisotopic (exact) mass is 665 g/mol. The normalized spacial score (nSPS) is 11.4. The van der Waals surface area contributed by atoms with Crippen molar-refractivity contribution in [1.29, 1.82) is 5.26 Å². The minimum atomic E-state index is 0.558. The van der Waals surface area contributed by atoms with Crippen LogP contribution in [0.1, 0.15) is 5.56 Å². The molecule has 0 atom stereocenters. The zero-order chi connectivity index (χ0) is 34.6. The number of nitriles is 1. The zero-order valence-corrected chi connectivity index (χ0v) is 27.7. The van der Waals surface area contributed by atoms with Gasteiger partial charge in [-0.1, -0.05) is 109 Å². The van der Waals surface area contributed by atoms with Crippen LogP contribution in [0.25, 0.3) is 94.7 Å². The largest absolute Gasteiger partial charge is 0.455 e. The predicted molar refractivity (Wildman–Crippen MR) is 208 cm³/mol. The van der Waals surface area contributed by atoms with Crippen LogP contribution in [0.15, 0.2) is 168 Å². The highest BCUT2D eigenvalue weighted by molar-refractivity contribution is 6.24. The second-order valence-corrected chi connectivity index (χ2v) is 12.7. The molecule has 0 aliphatic carbocycles. The Hall–Kier alpha value is -7.36. The van der Waals surface area contributed by atoms with E-state index >= 15 is 0 Å². The van der Waals surface area contributed by atoms with Gasteiger partial charge in [0.1, 0.15) is 11.2 Å². The van der Waals surface area contributed by atoms with Crippen molar-refractivity contribution in [3.05, 3.63) is 169 Å². The molecule has 242 valence electrons. The van der Waals surface area contributed by atoms with Crippen molar-refractivity contribution in [2.75, 3.05) is 0 Å². The van der Waals surface area contributed by atoms with Crippen LogP contribution in [0, 0.1) is 11.3 Å². The van der Waals surface area contributed by atoms with Gasteiger partial charge in [0.2, 0.25) is 0 Å². The average molecular weight is 666 g/mol. The van der Waals surface area contributed by atoms with Crippen molar-refractivity contribution in [3.8, 4) is 57.0 Å². The van der Waals surface area contributed by atoms with Gasteiger partial charge >= 0.3 is 0 Å². The number of aromatic nitrogens is 4. The maximum absolute atomic E-state index is 9.92. The number of hydrogen-bond donors (Lipinski definition) is 0. The van der Waals surface area contributed by atoms with Crippen LogP contribution < -0.4 is 0 Å². The van der Waals surface area contributed by atoms with Crippen molar-refractivity contribution in [2.45, 2.75) is 0 Å². The summed E-state index contributed by atoms with van der Waals surface area (Å²) in [5.74, 6) is 1.75. The fourth-order valence-electron chi connectivity index (χ4n) is 7.29. The molecule has 52 heavy (non-hydrogen) atoms. The molecular formula is C46H27N5O. The van der Waals surface area contributed by atoms with Crippen LogP contribution in [0.3, 0.4) is 0 Å². The maximum Gasteiger partial charge on any atom is 0.164 e. The van der Waals surface area contributed by atoms with E-state index in [1.165, 1.54) is 0 Å².